The van der Waals surface area contributed by atoms with Gasteiger partial charge in [-0.1, -0.05) is 30.3 Å². The quantitative estimate of drug-likeness (QED) is 0.752. The van der Waals surface area contributed by atoms with Gasteiger partial charge in [-0.05, 0) is 43.6 Å². The SMILES string of the molecule is O=Cc1cccn1CCC(=O)NCC(c1ccccc1)N1CCCC1. The number of aryl methyl sites for hydroxylation is 1. The molecule has 1 amide bonds. The maximum atomic E-state index is 12.3. The molecule has 0 radical (unpaired) electrons. The van der Waals surface area contributed by atoms with Gasteiger partial charge in [-0.2, -0.15) is 0 Å². The van der Waals surface area contributed by atoms with Crippen molar-refractivity contribution in [3.63, 3.8) is 0 Å². The number of amides is 1. The minimum absolute atomic E-state index is 0.0191. The molecule has 1 aliphatic heterocycles. The van der Waals surface area contributed by atoms with Crippen LogP contribution in [-0.4, -0.2) is 41.3 Å². The topological polar surface area (TPSA) is 54.3 Å². The largest absolute Gasteiger partial charge is 0.354 e. The summed E-state index contributed by atoms with van der Waals surface area (Å²) in [4.78, 5) is 25.6. The highest BCUT2D eigenvalue weighted by Gasteiger charge is 2.23. The molecule has 0 spiro atoms. The molecular formula is C20H25N3O2. The van der Waals surface area contributed by atoms with Gasteiger partial charge in [0.15, 0.2) is 6.29 Å². The zero-order chi connectivity index (χ0) is 17.5. The van der Waals surface area contributed by atoms with E-state index in [9.17, 15) is 9.59 Å². The van der Waals surface area contributed by atoms with E-state index in [2.05, 4.69) is 22.3 Å². The number of hydrogen-bond donors (Lipinski definition) is 1. The normalized spacial score (nSPS) is 15.8. The van der Waals surface area contributed by atoms with Gasteiger partial charge in [0.25, 0.3) is 0 Å². The van der Waals surface area contributed by atoms with Crippen LogP contribution in [-0.2, 0) is 11.3 Å². The number of nitrogens with zero attached hydrogens (tertiary/aromatic N) is 2. The molecule has 132 valence electrons. The van der Waals surface area contributed by atoms with Crippen LogP contribution in [0.5, 0.6) is 0 Å². The second kappa shape index (κ2) is 8.62. The summed E-state index contributed by atoms with van der Waals surface area (Å²) in [5, 5.41) is 3.08. The van der Waals surface area contributed by atoms with E-state index in [-0.39, 0.29) is 11.9 Å². The van der Waals surface area contributed by atoms with Crippen LogP contribution in [0.15, 0.2) is 48.7 Å². The van der Waals surface area contributed by atoms with Crippen LogP contribution < -0.4 is 5.32 Å². The summed E-state index contributed by atoms with van der Waals surface area (Å²) in [7, 11) is 0. The first-order valence-electron chi connectivity index (χ1n) is 8.94. The van der Waals surface area contributed by atoms with Crippen LogP contribution in [0.2, 0.25) is 0 Å². The van der Waals surface area contributed by atoms with Gasteiger partial charge in [-0.25, -0.2) is 0 Å². The van der Waals surface area contributed by atoms with E-state index in [4.69, 9.17) is 0 Å². The van der Waals surface area contributed by atoms with E-state index in [1.54, 1.807) is 6.07 Å². The van der Waals surface area contributed by atoms with Gasteiger partial charge < -0.3 is 9.88 Å². The fraction of sp³-hybridized carbons (Fsp3) is 0.400. The van der Waals surface area contributed by atoms with E-state index >= 15 is 0 Å². The molecule has 1 N–H and O–H groups in total. The molecule has 0 bridgehead atoms. The van der Waals surface area contributed by atoms with E-state index in [0.717, 1.165) is 19.4 Å². The number of hydrogen-bond acceptors (Lipinski definition) is 3. The van der Waals surface area contributed by atoms with E-state index < -0.39 is 0 Å². The van der Waals surface area contributed by atoms with Crippen LogP contribution in [0.1, 0.15) is 41.4 Å². The van der Waals surface area contributed by atoms with Crippen LogP contribution in [0, 0.1) is 0 Å². The van der Waals surface area contributed by atoms with Crippen molar-refractivity contribution in [2.24, 2.45) is 0 Å². The number of benzene rings is 1. The Morgan fingerprint density at radius 1 is 1.12 bits per heavy atom. The summed E-state index contributed by atoms with van der Waals surface area (Å²) in [6.45, 7) is 3.31. The summed E-state index contributed by atoms with van der Waals surface area (Å²) in [5.74, 6) is 0.0191. The monoisotopic (exact) mass is 339 g/mol. The lowest BCUT2D eigenvalue weighted by atomic mass is 10.1. The first kappa shape index (κ1) is 17.4. The lowest BCUT2D eigenvalue weighted by Crippen LogP contribution is -2.37. The maximum absolute atomic E-state index is 12.3. The molecule has 0 saturated carbocycles. The van der Waals surface area contributed by atoms with Crippen molar-refractivity contribution < 1.29 is 9.59 Å². The van der Waals surface area contributed by atoms with E-state index in [1.165, 1.54) is 18.4 Å². The maximum Gasteiger partial charge on any atom is 0.221 e. The van der Waals surface area contributed by atoms with Crippen molar-refractivity contribution in [2.75, 3.05) is 19.6 Å². The number of carbonyl (C=O) groups is 2. The third kappa shape index (κ3) is 4.57. The fourth-order valence-corrected chi connectivity index (χ4v) is 3.45. The minimum atomic E-state index is 0.0191. The smallest absolute Gasteiger partial charge is 0.221 e. The van der Waals surface area contributed by atoms with Crippen molar-refractivity contribution in [3.05, 3.63) is 59.9 Å². The highest BCUT2D eigenvalue weighted by molar-refractivity contribution is 5.76. The standard InChI is InChI=1S/C20H25N3O2/c24-16-18-9-6-13-22(18)14-10-20(25)21-15-19(23-11-4-5-12-23)17-7-2-1-3-8-17/h1-3,6-9,13,16,19H,4-5,10-12,14-15H2,(H,21,25). The summed E-state index contributed by atoms with van der Waals surface area (Å²) in [6, 6.07) is 14.2. The Balaban J connectivity index is 1.55. The number of carbonyl (C=O) groups excluding carboxylic acids is 2. The molecule has 0 aliphatic carbocycles. The first-order chi connectivity index (χ1) is 12.3. The predicted octanol–water partition coefficient (Wildman–Crippen LogP) is 2.64. The summed E-state index contributed by atoms with van der Waals surface area (Å²) < 4.78 is 1.81. The molecule has 1 aliphatic rings. The molecule has 5 nitrogen and oxygen atoms in total. The molecule has 1 atom stereocenters. The van der Waals surface area contributed by atoms with Crippen molar-refractivity contribution in [1.29, 1.82) is 0 Å². The zero-order valence-electron chi connectivity index (χ0n) is 14.4. The molecule has 25 heavy (non-hydrogen) atoms. The van der Waals surface area contributed by atoms with Crippen molar-refractivity contribution in [3.8, 4) is 0 Å². The first-order valence-corrected chi connectivity index (χ1v) is 8.94. The summed E-state index contributed by atoms with van der Waals surface area (Å²) in [5.41, 5.74) is 1.85. The van der Waals surface area contributed by atoms with E-state index in [0.29, 0.717) is 25.2 Å². The average Bonchev–Trinajstić information content (AvgIpc) is 3.32. The molecule has 1 unspecified atom stereocenters. The number of likely N-dealkylation sites (tertiary alicyclic amines) is 1. The minimum Gasteiger partial charge on any atom is -0.354 e. The number of aromatic nitrogens is 1. The molecule has 1 saturated heterocycles. The molecule has 1 aromatic heterocycles. The molecule has 2 heterocycles. The number of nitrogens with one attached hydrogen (secondary N) is 1. The van der Waals surface area contributed by atoms with Gasteiger partial charge in [0.2, 0.25) is 5.91 Å². The molecule has 1 aromatic carbocycles. The Bertz CT molecular complexity index is 690. The van der Waals surface area contributed by atoms with Gasteiger partial charge in [-0.15, -0.1) is 0 Å². The summed E-state index contributed by atoms with van der Waals surface area (Å²) in [6.07, 6.45) is 5.46. The summed E-state index contributed by atoms with van der Waals surface area (Å²) >= 11 is 0. The lowest BCUT2D eigenvalue weighted by molar-refractivity contribution is -0.121. The highest BCUT2D eigenvalue weighted by Crippen LogP contribution is 2.24. The second-order valence-electron chi connectivity index (χ2n) is 6.47. The Kier molecular flexibility index (Phi) is 6.01. The molecule has 2 aromatic rings. The highest BCUT2D eigenvalue weighted by atomic mass is 16.1. The third-order valence-corrected chi connectivity index (χ3v) is 4.82. The number of rotatable bonds is 8. The van der Waals surface area contributed by atoms with Crippen molar-refractivity contribution >= 4 is 12.2 Å². The van der Waals surface area contributed by atoms with Crippen molar-refractivity contribution in [1.82, 2.24) is 14.8 Å². The van der Waals surface area contributed by atoms with Gasteiger partial charge in [0.1, 0.15) is 0 Å². The Morgan fingerprint density at radius 3 is 2.60 bits per heavy atom. The van der Waals surface area contributed by atoms with E-state index in [1.807, 2.05) is 35.0 Å². The lowest BCUT2D eigenvalue weighted by Gasteiger charge is -2.28. The average molecular weight is 339 g/mol. The zero-order valence-corrected chi connectivity index (χ0v) is 14.4. The molecular weight excluding hydrogens is 314 g/mol. The molecule has 5 heteroatoms. The second-order valence-corrected chi connectivity index (χ2v) is 6.47. The van der Waals surface area contributed by atoms with Crippen LogP contribution in [0.25, 0.3) is 0 Å². The molecule has 3 rings (SSSR count). The van der Waals surface area contributed by atoms with Gasteiger partial charge >= 0.3 is 0 Å². The van der Waals surface area contributed by atoms with Gasteiger partial charge in [0.05, 0.1) is 11.7 Å². The Morgan fingerprint density at radius 2 is 1.88 bits per heavy atom. The van der Waals surface area contributed by atoms with Crippen LogP contribution in [0.4, 0.5) is 0 Å². The Labute approximate surface area is 148 Å². The van der Waals surface area contributed by atoms with Gasteiger partial charge in [0, 0.05) is 25.7 Å². The molecule has 1 fully saturated rings. The van der Waals surface area contributed by atoms with Crippen molar-refractivity contribution in [2.45, 2.75) is 31.8 Å². The predicted molar refractivity (Wildman–Crippen MR) is 97.4 cm³/mol. The van der Waals surface area contributed by atoms with Gasteiger partial charge in [-0.3, -0.25) is 14.5 Å². The van der Waals surface area contributed by atoms with Crippen LogP contribution >= 0.6 is 0 Å². The van der Waals surface area contributed by atoms with Crippen LogP contribution in [0.3, 0.4) is 0 Å². The fourth-order valence-electron chi connectivity index (χ4n) is 3.45. The number of aldehydes is 1. The Hall–Kier alpha value is -2.40. The third-order valence-electron chi connectivity index (χ3n) is 4.82.